The van der Waals surface area contributed by atoms with Gasteiger partial charge in [-0.1, -0.05) is 6.07 Å². The number of pyridine rings is 2. The molecule has 0 saturated carbocycles. The van der Waals surface area contributed by atoms with E-state index in [-0.39, 0.29) is 11.7 Å². The number of fused-ring (bicyclic) bond motifs is 1. The Kier molecular flexibility index (Phi) is 3.56. The van der Waals surface area contributed by atoms with Crippen molar-refractivity contribution in [2.75, 3.05) is 0 Å². The molecule has 0 aliphatic heterocycles. The van der Waals surface area contributed by atoms with Crippen molar-refractivity contribution in [2.45, 2.75) is 31.7 Å². The van der Waals surface area contributed by atoms with Gasteiger partial charge < -0.3 is 5.73 Å². The quantitative estimate of drug-likeness (QED) is 0.866. The molecule has 0 fully saturated rings. The molecule has 102 valence electrons. The summed E-state index contributed by atoms with van der Waals surface area (Å²) < 4.78 is 0. The molecular weight excluding hydrogens is 250 g/mol. The highest BCUT2D eigenvalue weighted by atomic mass is 16.1. The number of carbonyl (C=O) groups is 1. The van der Waals surface area contributed by atoms with E-state index in [1.165, 1.54) is 5.56 Å². The van der Waals surface area contributed by atoms with Crippen molar-refractivity contribution >= 4 is 5.78 Å². The number of carbonyl (C=O) groups excluding carboxylic acids is 1. The van der Waals surface area contributed by atoms with E-state index >= 15 is 0 Å². The second-order valence-corrected chi connectivity index (χ2v) is 5.10. The minimum atomic E-state index is -0.132. The van der Waals surface area contributed by atoms with Crippen LogP contribution < -0.4 is 5.73 Å². The fraction of sp³-hybridized carbons (Fsp3) is 0.312. The Hall–Kier alpha value is -2.07. The van der Waals surface area contributed by atoms with E-state index in [0.29, 0.717) is 12.1 Å². The van der Waals surface area contributed by atoms with Crippen LogP contribution in [0.25, 0.3) is 0 Å². The summed E-state index contributed by atoms with van der Waals surface area (Å²) in [4.78, 5) is 21.3. The Morgan fingerprint density at radius 1 is 1.30 bits per heavy atom. The summed E-state index contributed by atoms with van der Waals surface area (Å²) in [6.07, 6.45) is 6.32. The molecule has 4 heteroatoms. The van der Waals surface area contributed by atoms with Crippen LogP contribution in [0, 0.1) is 0 Å². The normalized spacial score (nSPS) is 17.6. The van der Waals surface area contributed by atoms with Crippen LogP contribution in [0.5, 0.6) is 0 Å². The van der Waals surface area contributed by atoms with E-state index in [1.807, 2.05) is 6.07 Å². The van der Waals surface area contributed by atoms with Gasteiger partial charge in [-0.3, -0.25) is 14.8 Å². The maximum absolute atomic E-state index is 12.7. The molecule has 0 aromatic carbocycles. The van der Waals surface area contributed by atoms with Gasteiger partial charge in [0.15, 0.2) is 5.78 Å². The number of aryl methyl sites for hydroxylation is 1. The smallest absolute Gasteiger partial charge is 0.172 e. The molecule has 0 saturated heterocycles. The standard InChI is InChI=1S/C16H17N3O/c17-10-13-9-12(6-8-18-13)16(20)14-5-1-3-11-4-2-7-19-15(11)14/h2,4,6-9,14H,1,3,5,10,17H2. The van der Waals surface area contributed by atoms with Crippen molar-refractivity contribution in [1.82, 2.24) is 9.97 Å². The van der Waals surface area contributed by atoms with E-state index < -0.39 is 0 Å². The lowest BCUT2D eigenvalue weighted by Crippen LogP contribution is -2.20. The number of rotatable bonds is 3. The summed E-state index contributed by atoms with van der Waals surface area (Å²) in [7, 11) is 0. The molecule has 0 bridgehead atoms. The zero-order valence-electron chi connectivity index (χ0n) is 11.2. The lowest BCUT2D eigenvalue weighted by Gasteiger charge is -2.23. The van der Waals surface area contributed by atoms with Gasteiger partial charge in [0.1, 0.15) is 0 Å². The summed E-state index contributed by atoms with van der Waals surface area (Å²) >= 11 is 0. The molecular formula is C16H17N3O. The van der Waals surface area contributed by atoms with Crippen molar-refractivity contribution in [3.8, 4) is 0 Å². The molecule has 1 unspecified atom stereocenters. The van der Waals surface area contributed by atoms with E-state index in [4.69, 9.17) is 5.73 Å². The van der Waals surface area contributed by atoms with Crippen LogP contribution in [0.15, 0.2) is 36.7 Å². The van der Waals surface area contributed by atoms with Crippen LogP contribution in [0.3, 0.4) is 0 Å². The second-order valence-electron chi connectivity index (χ2n) is 5.10. The highest BCUT2D eigenvalue weighted by molar-refractivity contribution is 6.01. The highest BCUT2D eigenvalue weighted by Gasteiger charge is 2.28. The summed E-state index contributed by atoms with van der Waals surface area (Å²) in [5.41, 5.74) is 9.15. The van der Waals surface area contributed by atoms with Crippen molar-refractivity contribution in [3.63, 3.8) is 0 Å². The number of hydrogen-bond acceptors (Lipinski definition) is 4. The first-order chi connectivity index (χ1) is 9.79. The minimum absolute atomic E-state index is 0.127. The van der Waals surface area contributed by atoms with Gasteiger partial charge in [0, 0.05) is 24.5 Å². The van der Waals surface area contributed by atoms with E-state index in [9.17, 15) is 4.79 Å². The van der Waals surface area contributed by atoms with Gasteiger partial charge in [-0.15, -0.1) is 0 Å². The van der Waals surface area contributed by atoms with E-state index in [0.717, 1.165) is 30.7 Å². The highest BCUT2D eigenvalue weighted by Crippen LogP contribution is 2.32. The molecule has 20 heavy (non-hydrogen) atoms. The fourth-order valence-electron chi connectivity index (χ4n) is 2.81. The Labute approximate surface area is 118 Å². The molecule has 0 spiro atoms. The predicted octanol–water partition coefficient (Wildman–Crippen LogP) is 2.24. The van der Waals surface area contributed by atoms with Gasteiger partial charge in [0.25, 0.3) is 0 Å². The molecule has 2 aromatic rings. The lowest BCUT2D eigenvalue weighted by molar-refractivity contribution is 0.0948. The fourth-order valence-corrected chi connectivity index (χ4v) is 2.81. The van der Waals surface area contributed by atoms with Crippen molar-refractivity contribution in [2.24, 2.45) is 5.73 Å². The first-order valence-electron chi connectivity index (χ1n) is 6.92. The SMILES string of the molecule is NCc1cc(C(=O)C2CCCc3cccnc32)ccn1. The number of nitrogens with two attached hydrogens (primary N) is 1. The zero-order valence-corrected chi connectivity index (χ0v) is 11.2. The zero-order chi connectivity index (χ0) is 13.9. The van der Waals surface area contributed by atoms with Crippen LogP contribution in [0.4, 0.5) is 0 Å². The number of ketones is 1. The summed E-state index contributed by atoms with van der Waals surface area (Å²) in [6, 6.07) is 7.56. The summed E-state index contributed by atoms with van der Waals surface area (Å²) in [5, 5.41) is 0. The van der Waals surface area contributed by atoms with E-state index in [2.05, 4.69) is 16.0 Å². The first kappa shape index (κ1) is 12.9. The number of aromatic nitrogens is 2. The molecule has 3 rings (SSSR count). The van der Waals surface area contributed by atoms with Crippen LogP contribution in [0.1, 0.15) is 46.1 Å². The number of nitrogens with zero attached hydrogens (tertiary/aromatic N) is 2. The van der Waals surface area contributed by atoms with Gasteiger partial charge in [-0.25, -0.2) is 0 Å². The second kappa shape index (κ2) is 5.51. The van der Waals surface area contributed by atoms with Gasteiger partial charge in [0.05, 0.1) is 17.3 Å². The van der Waals surface area contributed by atoms with Gasteiger partial charge in [-0.05, 0) is 43.0 Å². The average Bonchev–Trinajstić information content (AvgIpc) is 2.53. The van der Waals surface area contributed by atoms with Crippen molar-refractivity contribution < 1.29 is 4.79 Å². The van der Waals surface area contributed by atoms with Crippen LogP contribution in [0.2, 0.25) is 0 Å². The molecule has 0 radical (unpaired) electrons. The maximum atomic E-state index is 12.7. The summed E-state index contributed by atoms with van der Waals surface area (Å²) in [6.45, 7) is 0.348. The van der Waals surface area contributed by atoms with Gasteiger partial charge >= 0.3 is 0 Å². The molecule has 1 aliphatic carbocycles. The van der Waals surface area contributed by atoms with Crippen LogP contribution >= 0.6 is 0 Å². The lowest BCUT2D eigenvalue weighted by atomic mass is 9.82. The number of Topliss-reactive ketones (excluding diaryl/α,β-unsaturated/α-hetero) is 1. The molecule has 1 aliphatic rings. The Balaban J connectivity index is 1.95. The molecule has 4 nitrogen and oxygen atoms in total. The van der Waals surface area contributed by atoms with Crippen molar-refractivity contribution in [3.05, 3.63) is 59.2 Å². The molecule has 2 aromatic heterocycles. The monoisotopic (exact) mass is 267 g/mol. The predicted molar refractivity (Wildman–Crippen MR) is 76.4 cm³/mol. The molecule has 2 N–H and O–H groups in total. The molecule has 0 amide bonds. The Morgan fingerprint density at radius 3 is 3.05 bits per heavy atom. The Bertz CT molecular complexity index is 639. The third-order valence-electron chi connectivity index (χ3n) is 3.82. The van der Waals surface area contributed by atoms with E-state index in [1.54, 1.807) is 24.5 Å². The average molecular weight is 267 g/mol. The third kappa shape index (κ3) is 2.34. The van der Waals surface area contributed by atoms with Crippen LogP contribution in [-0.2, 0) is 13.0 Å². The Morgan fingerprint density at radius 2 is 2.20 bits per heavy atom. The summed E-state index contributed by atoms with van der Waals surface area (Å²) in [5.74, 6) is -0.00488. The first-order valence-corrected chi connectivity index (χ1v) is 6.92. The largest absolute Gasteiger partial charge is 0.325 e. The topological polar surface area (TPSA) is 68.9 Å². The third-order valence-corrected chi connectivity index (χ3v) is 3.82. The molecule has 1 atom stereocenters. The van der Waals surface area contributed by atoms with Gasteiger partial charge in [-0.2, -0.15) is 0 Å². The minimum Gasteiger partial charge on any atom is -0.325 e. The van der Waals surface area contributed by atoms with Crippen molar-refractivity contribution in [1.29, 1.82) is 0 Å². The maximum Gasteiger partial charge on any atom is 0.172 e. The van der Waals surface area contributed by atoms with Crippen LogP contribution in [-0.4, -0.2) is 15.8 Å². The van der Waals surface area contributed by atoms with Gasteiger partial charge in [0.2, 0.25) is 0 Å². The molecule has 2 heterocycles. The number of hydrogen-bond donors (Lipinski definition) is 1.